The minimum absolute atomic E-state index is 0.0331. The predicted octanol–water partition coefficient (Wildman–Crippen LogP) is 0.373. The van der Waals surface area contributed by atoms with Gasteiger partial charge >= 0.3 is 0 Å². The quantitative estimate of drug-likeness (QED) is 0.752. The third kappa shape index (κ3) is 2.67. The molecule has 1 rings (SSSR count). The van der Waals surface area contributed by atoms with Gasteiger partial charge in [-0.15, -0.1) is 10.2 Å². The molecule has 0 unspecified atom stereocenters. The van der Waals surface area contributed by atoms with E-state index in [2.05, 4.69) is 15.5 Å². The third-order valence-corrected chi connectivity index (χ3v) is 1.91. The molecule has 0 bridgehead atoms. The summed E-state index contributed by atoms with van der Waals surface area (Å²) in [5, 5.41) is 8.32. The highest BCUT2D eigenvalue weighted by molar-refractivity contribution is 7.15. The van der Waals surface area contributed by atoms with Crippen LogP contribution in [0.15, 0.2) is 0 Å². The SMILES string of the molecule is NCC(=O)Nc1nnc(C(F)F)s1. The number of aromatic nitrogens is 2. The van der Waals surface area contributed by atoms with Crippen LogP contribution in [0, 0.1) is 0 Å². The van der Waals surface area contributed by atoms with Crippen LogP contribution in [0.25, 0.3) is 0 Å². The van der Waals surface area contributed by atoms with Crippen molar-refractivity contribution in [3.8, 4) is 0 Å². The molecular formula is C5H6F2N4OS. The molecule has 0 aliphatic carbocycles. The first kappa shape index (κ1) is 9.93. The van der Waals surface area contributed by atoms with Gasteiger partial charge in [-0.1, -0.05) is 11.3 Å². The van der Waals surface area contributed by atoms with Crippen molar-refractivity contribution < 1.29 is 13.6 Å². The number of carbonyl (C=O) groups is 1. The lowest BCUT2D eigenvalue weighted by molar-refractivity contribution is -0.114. The van der Waals surface area contributed by atoms with Gasteiger partial charge in [0.1, 0.15) is 0 Å². The van der Waals surface area contributed by atoms with E-state index in [9.17, 15) is 13.6 Å². The summed E-state index contributed by atoms with van der Waals surface area (Å²) in [5.41, 5.74) is 4.98. The standard InChI is InChI=1S/C5H6F2N4OS/c6-3(7)4-10-11-5(13-4)9-2(12)1-8/h3H,1,8H2,(H,9,11,12). The molecule has 0 atom stereocenters. The lowest BCUT2D eigenvalue weighted by atomic mass is 10.6. The first-order valence-corrected chi connectivity index (χ1v) is 4.06. The highest BCUT2D eigenvalue weighted by Crippen LogP contribution is 2.24. The van der Waals surface area contributed by atoms with Crippen molar-refractivity contribution in [2.45, 2.75) is 6.43 Å². The van der Waals surface area contributed by atoms with E-state index >= 15 is 0 Å². The number of halogens is 2. The summed E-state index contributed by atoms with van der Waals surface area (Å²) in [6.07, 6.45) is -2.67. The van der Waals surface area contributed by atoms with E-state index in [0.29, 0.717) is 11.3 Å². The van der Waals surface area contributed by atoms with Gasteiger partial charge in [0, 0.05) is 0 Å². The molecule has 0 fully saturated rings. The number of nitrogens with two attached hydrogens (primary N) is 1. The van der Waals surface area contributed by atoms with Gasteiger partial charge in [-0.05, 0) is 0 Å². The fourth-order valence-electron chi connectivity index (χ4n) is 0.544. The normalized spacial score (nSPS) is 10.5. The molecule has 0 saturated carbocycles. The Labute approximate surface area is 76.0 Å². The van der Waals surface area contributed by atoms with Crippen molar-refractivity contribution in [1.29, 1.82) is 0 Å². The Balaban J connectivity index is 2.64. The molecule has 0 aromatic carbocycles. The Morgan fingerprint density at radius 2 is 2.31 bits per heavy atom. The highest BCUT2D eigenvalue weighted by Gasteiger charge is 2.14. The van der Waals surface area contributed by atoms with Crippen molar-refractivity contribution in [3.05, 3.63) is 5.01 Å². The minimum Gasteiger partial charge on any atom is -0.322 e. The van der Waals surface area contributed by atoms with Crippen molar-refractivity contribution >= 4 is 22.4 Å². The van der Waals surface area contributed by atoms with Crippen LogP contribution in [0.5, 0.6) is 0 Å². The summed E-state index contributed by atoms with van der Waals surface area (Å²) in [5.74, 6) is -0.489. The van der Waals surface area contributed by atoms with E-state index in [4.69, 9.17) is 5.73 Å². The average molecular weight is 208 g/mol. The molecule has 3 N–H and O–H groups in total. The molecule has 1 aromatic rings. The van der Waals surface area contributed by atoms with E-state index in [0.717, 1.165) is 0 Å². The maximum Gasteiger partial charge on any atom is 0.291 e. The maximum atomic E-state index is 12.0. The second-order valence-corrected chi connectivity index (χ2v) is 3.01. The van der Waals surface area contributed by atoms with E-state index in [-0.39, 0.29) is 11.7 Å². The molecule has 0 aliphatic rings. The van der Waals surface area contributed by atoms with Crippen molar-refractivity contribution in [2.24, 2.45) is 5.73 Å². The van der Waals surface area contributed by atoms with E-state index in [1.54, 1.807) is 0 Å². The number of hydrogen-bond donors (Lipinski definition) is 2. The molecule has 0 spiro atoms. The zero-order valence-corrected chi connectivity index (χ0v) is 7.15. The zero-order valence-electron chi connectivity index (χ0n) is 6.33. The van der Waals surface area contributed by atoms with Gasteiger partial charge in [0.25, 0.3) is 6.43 Å². The lowest BCUT2D eigenvalue weighted by Crippen LogP contribution is -2.21. The van der Waals surface area contributed by atoms with Crippen LogP contribution >= 0.6 is 11.3 Å². The molecular weight excluding hydrogens is 202 g/mol. The molecule has 1 aromatic heterocycles. The minimum atomic E-state index is -2.67. The molecule has 1 amide bonds. The van der Waals surface area contributed by atoms with Gasteiger partial charge < -0.3 is 5.73 Å². The fraction of sp³-hybridized carbons (Fsp3) is 0.400. The second kappa shape index (κ2) is 4.19. The third-order valence-electron chi connectivity index (χ3n) is 1.06. The summed E-state index contributed by atoms with van der Waals surface area (Å²) < 4.78 is 23.9. The Morgan fingerprint density at radius 1 is 1.62 bits per heavy atom. The van der Waals surface area contributed by atoms with Crippen molar-refractivity contribution in [2.75, 3.05) is 11.9 Å². The molecule has 13 heavy (non-hydrogen) atoms. The number of hydrogen-bond acceptors (Lipinski definition) is 5. The topological polar surface area (TPSA) is 80.9 Å². The van der Waals surface area contributed by atoms with Crippen LogP contribution in [0.2, 0.25) is 0 Å². The Kier molecular flexibility index (Phi) is 3.20. The number of carbonyl (C=O) groups excluding carboxylic acids is 1. The number of rotatable bonds is 3. The van der Waals surface area contributed by atoms with Crippen LogP contribution < -0.4 is 11.1 Å². The molecule has 0 radical (unpaired) electrons. The summed E-state index contributed by atoms with van der Waals surface area (Å²) in [7, 11) is 0. The van der Waals surface area contributed by atoms with E-state index in [1.165, 1.54) is 0 Å². The largest absolute Gasteiger partial charge is 0.322 e. The van der Waals surface area contributed by atoms with Crippen LogP contribution in [-0.2, 0) is 4.79 Å². The van der Waals surface area contributed by atoms with Gasteiger partial charge in [-0.3, -0.25) is 10.1 Å². The van der Waals surface area contributed by atoms with Crippen molar-refractivity contribution in [1.82, 2.24) is 10.2 Å². The maximum absolute atomic E-state index is 12.0. The van der Waals surface area contributed by atoms with Crippen LogP contribution in [0.3, 0.4) is 0 Å². The number of nitrogens with one attached hydrogen (secondary N) is 1. The highest BCUT2D eigenvalue weighted by atomic mass is 32.1. The van der Waals surface area contributed by atoms with Gasteiger partial charge in [0.05, 0.1) is 6.54 Å². The summed E-state index contributed by atoms with van der Waals surface area (Å²) in [6, 6.07) is 0. The Hall–Kier alpha value is -1.15. The molecule has 0 saturated heterocycles. The first-order chi connectivity index (χ1) is 6.13. The van der Waals surface area contributed by atoms with Crippen LogP contribution in [0.1, 0.15) is 11.4 Å². The van der Waals surface area contributed by atoms with Gasteiger partial charge in [0.15, 0.2) is 5.01 Å². The van der Waals surface area contributed by atoms with E-state index in [1.807, 2.05) is 0 Å². The van der Waals surface area contributed by atoms with Gasteiger partial charge in [0.2, 0.25) is 11.0 Å². The van der Waals surface area contributed by atoms with Gasteiger partial charge in [-0.25, -0.2) is 8.78 Å². The van der Waals surface area contributed by atoms with E-state index < -0.39 is 17.3 Å². The second-order valence-electron chi connectivity index (χ2n) is 2.00. The number of nitrogens with zero attached hydrogens (tertiary/aromatic N) is 2. The number of amides is 1. The smallest absolute Gasteiger partial charge is 0.291 e. The average Bonchev–Trinajstić information content (AvgIpc) is 2.52. The lowest BCUT2D eigenvalue weighted by Gasteiger charge is -1.94. The first-order valence-electron chi connectivity index (χ1n) is 3.25. The Bertz CT molecular complexity index is 302. The molecule has 8 heteroatoms. The number of anilines is 1. The molecule has 72 valence electrons. The monoisotopic (exact) mass is 208 g/mol. The van der Waals surface area contributed by atoms with Crippen molar-refractivity contribution in [3.63, 3.8) is 0 Å². The van der Waals surface area contributed by atoms with Crippen LogP contribution in [0.4, 0.5) is 13.9 Å². The molecule has 0 aliphatic heterocycles. The van der Waals surface area contributed by atoms with Crippen LogP contribution in [-0.4, -0.2) is 22.6 Å². The number of alkyl halides is 2. The zero-order chi connectivity index (χ0) is 9.84. The summed E-state index contributed by atoms with van der Waals surface area (Å²) >= 11 is 0.625. The predicted molar refractivity (Wildman–Crippen MR) is 42.6 cm³/mol. The van der Waals surface area contributed by atoms with Gasteiger partial charge in [-0.2, -0.15) is 0 Å². The molecule has 5 nitrogen and oxygen atoms in total. The Morgan fingerprint density at radius 3 is 2.77 bits per heavy atom. The molecule has 1 heterocycles. The summed E-state index contributed by atoms with van der Waals surface area (Å²) in [4.78, 5) is 10.7. The summed E-state index contributed by atoms with van der Waals surface area (Å²) in [6.45, 7) is -0.219. The fourth-order valence-corrected chi connectivity index (χ4v) is 1.16.